The fraction of sp³-hybridized carbons (Fsp3) is 0.333. The average Bonchev–Trinajstić information content (AvgIpc) is 3.42. The number of amides is 1. The number of anilines is 1. The topological polar surface area (TPSA) is 60.5 Å². The number of hydrogen-bond donors (Lipinski definition) is 1. The lowest BCUT2D eigenvalue weighted by molar-refractivity contribution is 0.0679. The minimum atomic E-state index is -0.176. The fourth-order valence-electron chi connectivity index (χ4n) is 3.18. The Morgan fingerprint density at radius 2 is 2.14 bits per heavy atom. The summed E-state index contributed by atoms with van der Waals surface area (Å²) in [6.07, 6.45) is 2.32. The van der Waals surface area contributed by atoms with Gasteiger partial charge in [0.25, 0.3) is 5.91 Å². The number of aromatic nitrogens is 1. The summed E-state index contributed by atoms with van der Waals surface area (Å²) in [4.78, 5) is 19.6. The van der Waals surface area contributed by atoms with Crippen molar-refractivity contribution in [3.8, 4) is 17.0 Å². The van der Waals surface area contributed by atoms with E-state index < -0.39 is 0 Å². The van der Waals surface area contributed by atoms with Gasteiger partial charge in [-0.2, -0.15) is 0 Å². The second-order valence-electron chi connectivity index (χ2n) is 6.79. The van der Waals surface area contributed by atoms with Crippen molar-refractivity contribution in [3.05, 3.63) is 51.0 Å². The van der Waals surface area contributed by atoms with Crippen LogP contribution in [0.5, 0.6) is 5.75 Å². The van der Waals surface area contributed by atoms with E-state index in [9.17, 15) is 4.79 Å². The summed E-state index contributed by atoms with van der Waals surface area (Å²) in [6.45, 7) is 5.55. The largest absolute Gasteiger partial charge is 0.491 e. The maximum Gasteiger partial charge on any atom is 0.257 e. The molecular weight excluding hydrogens is 392 g/mol. The maximum absolute atomic E-state index is 12.5. The second kappa shape index (κ2) is 8.43. The highest BCUT2D eigenvalue weighted by Gasteiger charge is 2.16. The molecule has 0 bridgehead atoms. The lowest BCUT2D eigenvalue weighted by Crippen LogP contribution is -2.16. The first-order chi connectivity index (χ1) is 13.6. The van der Waals surface area contributed by atoms with Crippen LogP contribution in [0.2, 0.25) is 0 Å². The van der Waals surface area contributed by atoms with E-state index in [0.29, 0.717) is 17.3 Å². The summed E-state index contributed by atoms with van der Waals surface area (Å²) in [7, 11) is 0. The van der Waals surface area contributed by atoms with Crippen molar-refractivity contribution in [1.82, 2.24) is 4.98 Å². The first-order valence-electron chi connectivity index (χ1n) is 9.27. The smallest absolute Gasteiger partial charge is 0.257 e. The van der Waals surface area contributed by atoms with Crippen molar-refractivity contribution in [2.75, 3.05) is 18.5 Å². The Labute approximate surface area is 172 Å². The van der Waals surface area contributed by atoms with Crippen LogP contribution < -0.4 is 10.1 Å². The number of carbonyl (C=O) groups excluding carboxylic acids is 1. The summed E-state index contributed by atoms with van der Waals surface area (Å²) < 4.78 is 11.3. The molecule has 146 valence electrons. The molecule has 3 heterocycles. The van der Waals surface area contributed by atoms with E-state index in [-0.39, 0.29) is 12.0 Å². The van der Waals surface area contributed by atoms with Gasteiger partial charge < -0.3 is 9.47 Å². The lowest BCUT2D eigenvalue weighted by Gasteiger charge is -2.11. The highest BCUT2D eigenvalue weighted by Crippen LogP contribution is 2.32. The minimum Gasteiger partial charge on any atom is -0.491 e. The number of hydrogen-bond acceptors (Lipinski definition) is 6. The molecule has 4 rings (SSSR count). The Hall–Kier alpha value is -2.22. The summed E-state index contributed by atoms with van der Waals surface area (Å²) >= 11 is 3.19. The van der Waals surface area contributed by atoms with Gasteiger partial charge in [-0.1, -0.05) is 0 Å². The van der Waals surface area contributed by atoms with Gasteiger partial charge in [0, 0.05) is 32.9 Å². The van der Waals surface area contributed by atoms with Gasteiger partial charge in [-0.25, -0.2) is 4.98 Å². The number of benzene rings is 1. The molecule has 5 nitrogen and oxygen atoms in total. The van der Waals surface area contributed by atoms with E-state index >= 15 is 0 Å². The van der Waals surface area contributed by atoms with Crippen LogP contribution in [0.15, 0.2) is 35.7 Å². The molecule has 1 unspecified atom stereocenters. The third-order valence-corrected chi connectivity index (χ3v) is 6.34. The molecule has 3 aromatic rings. The van der Waals surface area contributed by atoms with Crippen LogP contribution in [0, 0.1) is 13.8 Å². The number of nitrogens with zero attached hydrogens (tertiary/aromatic N) is 1. The lowest BCUT2D eigenvalue weighted by atomic mass is 10.2. The van der Waals surface area contributed by atoms with Crippen molar-refractivity contribution in [1.29, 1.82) is 0 Å². The Balaban J connectivity index is 1.36. The third-order valence-electron chi connectivity index (χ3n) is 4.62. The van der Waals surface area contributed by atoms with E-state index in [4.69, 9.17) is 9.47 Å². The van der Waals surface area contributed by atoms with Crippen LogP contribution in [-0.4, -0.2) is 30.2 Å². The monoisotopic (exact) mass is 414 g/mol. The van der Waals surface area contributed by atoms with Crippen LogP contribution in [0.3, 0.4) is 0 Å². The molecule has 1 amide bonds. The molecule has 0 radical (unpaired) electrons. The van der Waals surface area contributed by atoms with E-state index in [1.165, 1.54) is 21.1 Å². The van der Waals surface area contributed by atoms with Crippen LogP contribution in [0.1, 0.15) is 33.0 Å². The highest BCUT2D eigenvalue weighted by atomic mass is 32.1. The van der Waals surface area contributed by atoms with E-state index in [1.54, 1.807) is 23.5 Å². The van der Waals surface area contributed by atoms with Crippen LogP contribution in [-0.2, 0) is 4.74 Å². The molecular formula is C21H22N2O3S2. The molecule has 1 aliphatic rings. The number of thiophene rings is 1. The summed E-state index contributed by atoms with van der Waals surface area (Å²) in [5.74, 6) is 0.566. The quantitative estimate of drug-likeness (QED) is 0.595. The van der Waals surface area contributed by atoms with E-state index in [2.05, 4.69) is 30.2 Å². The van der Waals surface area contributed by atoms with Gasteiger partial charge in [0.1, 0.15) is 12.4 Å². The maximum atomic E-state index is 12.5. The number of nitrogens with one attached hydrogen (secondary N) is 1. The number of thiazole rings is 1. The summed E-state index contributed by atoms with van der Waals surface area (Å²) in [5.41, 5.74) is 2.61. The van der Waals surface area contributed by atoms with Gasteiger partial charge in [-0.3, -0.25) is 10.1 Å². The molecule has 1 fully saturated rings. The number of carbonyl (C=O) groups is 1. The van der Waals surface area contributed by atoms with Crippen molar-refractivity contribution in [3.63, 3.8) is 0 Å². The Kier molecular flexibility index (Phi) is 5.75. The Bertz CT molecular complexity index is 956. The molecule has 1 N–H and O–H groups in total. The van der Waals surface area contributed by atoms with Crippen molar-refractivity contribution in [2.45, 2.75) is 32.8 Å². The molecule has 1 aromatic carbocycles. The van der Waals surface area contributed by atoms with Crippen LogP contribution in [0.4, 0.5) is 5.13 Å². The van der Waals surface area contributed by atoms with E-state index in [0.717, 1.165) is 36.5 Å². The highest BCUT2D eigenvalue weighted by molar-refractivity contribution is 7.14. The average molecular weight is 415 g/mol. The summed E-state index contributed by atoms with van der Waals surface area (Å²) in [6, 6.07) is 9.29. The molecule has 7 heteroatoms. The number of aryl methyl sites for hydroxylation is 2. The molecule has 2 aromatic heterocycles. The normalized spacial score (nSPS) is 16.3. The van der Waals surface area contributed by atoms with Crippen LogP contribution >= 0.6 is 22.7 Å². The third kappa shape index (κ3) is 4.43. The van der Waals surface area contributed by atoms with Gasteiger partial charge in [0.05, 0.1) is 11.8 Å². The minimum absolute atomic E-state index is 0.176. The predicted molar refractivity (Wildman–Crippen MR) is 114 cm³/mol. The number of rotatable bonds is 6. The van der Waals surface area contributed by atoms with Gasteiger partial charge in [-0.15, -0.1) is 22.7 Å². The van der Waals surface area contributed by atoms with Crippen molar-refractivity contribution < 1.29 is 14.3 Å². The Morgan fingerprint density at radius 3 is 2.82 bits per heavy atom. The molecule has 1 saturated heterocycles. The molecule has 0 aliphatic carbocycles. The molecule has 0 spiro atoms. The zero-order valence-corrected chi connectivity index (χ0v) is 17.5. The van der Waals surface area contributed by atoms with Crippen LogP contribution in [0.25, 0.3) is 11.3 Å². The number of ether oxygens (including phenoxy) is 2. The predicted octanol–water partition coefficient (Wildman–Crippen LogP) is 5.30. The van der Waals surface area contributed by atoms with Crippen molar-refractivity contribution in [2.24, 2.45) is 0 Å². The molecule has 28 heavy (non-hydrogen) atoms. The van der Waals surface area contributed by atoms with E-state index in [1.807, 2.05) is 17.5 Å². The molecule has 0 saturated carbocycles. The van der Waals surface area contributed by atoms with Crippen molar-refractivity contribution >= 4 is 33.7 Å². The second-order valence-corrected chi connectivity index (χ2v) is 9.11. The summed E-state index contributed by atoms with van der Waals surface area (Å²) in [5, 5.41) is 5.46. The SMILES string of the molecule is Cc1cc(-c2csc(NC(=O)c3ccc(OCC4CCCO4)cc3)n2)c(C)s1. The molecule has 1 atom stereocenters. The fourth-order valence-corrected chi connectivity index (χ4v) is 4.82. The van der Waals surface area contributed by atoms with Gasteiger partial charge in [0.2, 0.25) is 0 Å². The van der Waals surface area contributed by atoms with Gasteiger partial charge in [0.15, 0.2) is 5.13 Å². The first-order valence-corrected chi connectivity index (χ1v) is 11.0. The zero-order valence-electron chi connectivity index (χ0n) is 15.9. The molecule has 1 aliphatic heterocycles. The van der Waals surface area contributed by atoms with Gasteiger partial charge in [-0.05, 0) is 57.0 Å². The zero-order chi connectivity index (χ0) is 19.5. The first kappa shape index (κ1) is 19.1. The van der Waals surface area contributed by atoms with Gasteiger partial charge >= 0.3 is 0 Å². The standard InChI is InChI=1S/C21H22N2O3S2/c1-13-10-18(14(2)28-13)19-12-27-21(22-19)23-20(24)15-5-7-16(8-6-15)26-11-17-4-3-9-25-17/h5-8,10,12,17H,3-4,9,11H2,1-2H3,(H,22,23,24). The Morgan fingerprint density at radius 1 is 1.32 bits per heavy atom.